The average Bonchev–Trinajstić information content (AvgIpc) is 2.89. The number of halogens is 1. The largest absolute Gasteiger partial charge is 0.506 e. The van der Waals surface area contributed by atoms with Gasteiger partial charge in [0.2, 0.25) is 0 Å². The summed E-state index contributed by atoms with van der Waals surface area (Å²) in [7, 11) is 0. The molecule has 0 aliphatic carbocycles. The Balaban J connectivity index is 2.04. The molecule has 0 amide bonds. The Bertz CT molecular complexity index is 742. The second kappa shape index (κ2) is 5.48. The molecule has 3 rings (SSSR count). The maximum Gasteiger partial charge on any atom is 0.506 e. The number of rotatable bonds is 3. The molecule has 1 atom stereocenters. The monoisotopic (exact) mass is 302 g/mol. The van der Waals surface area contributed by atoms with E-state index in [4.69, 9.17) is 9.84 Å². The summed E-state index contributed by atoms with van der Waals surface area (Å²) in [4.78, 5) is 23.1. The topological polar surface area (TPSA) is 72.8 Å². The molecule has 22 heavy (non-hydrogen) atoms. The highest BCUT2D eigenvalue weighted by molar-refractivity contribution is 6.11. The third-order valence-corrected chi connectivity index (χ3v) is 3.33. The maximum atomic E-state index is 13.8. The van der Waals surface area contributed by atoms with E-state index in [1.165, 1.54) is 0 Å². The van der Waals surface area contributed by atoms with Crippen molar-refractivity contribution in [3.8, 4) is 5.75 Å². The van der Waals surface area contributed by atoms with Crippen LogP contribution in [0.2, 0.25) is 0 Å². The normalized spacial score (nSPS) is 15.8. The zero-order chi connectivity index (χ0) is 15.7. The van der Waals surface area contributed by atoms with E-state index in [-0.39, 0.29) is 23.5 Å². The summed E-state index contributed by atoms with van der Waals surface area (Å²) in [6, 6.07) is 10.6. The van der Waals surface area contributed by atoms with Crippen molar-refractivity contribution in [3.63, 3.8) is 0 Å². The minimum atomic E-state index is -1.48. The van der Waals surface area contributed by atoms with E-state index >= 15 is 0 Å². The van der Waals surface area contributed by atoms with E-state index in [9.17, 15) is 14.0 Å². The van der Waals surface area contributed by atoms with Crippen molar-refractivity contribution in [2.45, 2.75) is 6.10 Å². The molecular formula is C16H11FO5. The molecule has 2 aromatic carbocycles. The van der Waals surface area contributed by atoms with Gasteiger partial charge < -0.3 is 14.6 Å². The average molecular weight is 302 g/mol. The van der Waals surface area contributed by atoms with E-state index in [1.807, 2.05) is 0 Å². The van der Waals surface area contributed by atoms with Gasteiger partial charge in [-0.1, -0.05) is 30.3 Å². The summed E-state index contributed by atoms with van der Waals surface area (Å²) in [5.74, 6) is -0.878. The Hall–Kier alpha value is -2.89. The zero-order valence-electron chi connectivity index (χ0n) is 11.3. The van der Waals surface area contributed by atoms with Gasteiger partial charge in [0, 0.05) is 11.1 Å². The number of carbonyl (C=O) groups is 2. The van der Waals surface area contributed by atoms with Gasteiger partial charge in [0.25, 0.3) is 0 Å². The lowest BCUT2D eigenvalue weighted by atomic mass is 9.99. The van der Waals surface area contributed by atoms with Gasteiger partial charge in [-0.05, 0) is 12.1 Å². The number of ketones is 1. The van der Waals surface area contributed by atoms with Crippen LogP contribution in [0.1, 0.15) is 27.6 Å². The van der Waals surface area contributed by atoms with Crippen molar-refractivity contribution < 1.29 is 28.6 Å². The molecule has 1 aliphatic rings. The first kappa shape index (κ1) is 14.1. The number of ether oxygens (including phenoxy) is 2. The van der Waals surface area contributed by atoms with Gasteiger partial charge in [0.05, 0.1) is 5.56 Å². The quantitative estimate of drug-likeness (QED) is 0.696. The van der Waals surface area contributed by atoms with Crippen LogP contribution in [0.5, 0.6) is 5.75 Å². The zero-order valence-corrected chi connectivity index (χ0v) is 11.3. The SMILES string of the molecule is O=C(O)OC1COc2c(C(=O)c3ccccc3)cc(F)cc21. The molecule has 1 N–H and O–H groups in total. The standard InChI is InChI=1S/C16H11FO5/c17-10-6-11-13(22-16(19)20)8-21-15(11)12(7-10)14(18)9-4-2-1-3-5-9/h1-7,13H,8H2,(H,19,20). The lowest BCUT2D eigenvalue weighted by Crippen LogP contribution is -2.10. The van der Waals surface area contributed by atoms with Gasteiger partial charge in [-0.15, -0.1) is 0 Å². The summed E-state index contributed by atoms with van der Waals surface area (Å²) in [6.07, 6.45) is -2.42. The molecule has 2 aromatic rings. The second-order valence-electron chi connectivity index (χ2n) is 4.75. The minimum absolute atomic E-state index is 0.0534. The third kappa shape index (κ3) is 2.50. The Kier molecular flexibility index (Phi) is 3.50. The molecule has 1 unspecified atom stereocenters. The molecule has 1 aliphatic heterocycles. The van der Waals surface area contributed by atoms with Gasteiger partial charge in [-0.2, -0.15) is 0 Å². The molecule has 0 aromatic heterocycles. The predicted octanol–water partition coefficient (Wildman–Crippen LogP) is 3.18. The molecule has 0 bridgehead atoms. The first-order valence-electron chi connectivity index (χ1n) is 6.52. The number of carboxylic acid groups (broad SMARTS) is 1. The number of hydrogen-bond donors (Lipinski definition) is 1. The summed E-state index contributed by atoms with van der Waals surface area (Å²) in [5, 5.41) is 8.69. The van der Waals surface area contributed by atoms with Gasteiger partial charge >= 0.3 is 6.16 Å². The molecule has 112 valence electrons. The van der Waals surface area contributed by atoms with Gasteiger partial charge in [-0.25, -0.2) is 9.18 Å². The first-order chi connectivity index (χ1) is 10.6. The van der Waals surface area contributed by atoms with Crippen molar-refractivity contribution in [2.24, 2.45) is 0 Å². The van der Waals surface area contributed by atoms with Crippen molar-refractivity contribution in [1.29, 1.82) is 0 Å². The van der Waals surface area contributed by atoms with E-state index < -0.39 is 23.9 Å². The summed E-state index contributed by atoms with van der Waals surface area (Å²) < 4.78 is 23.8. The molecule has 1 heterocycles. The Labute approximate surface area is 124 Å². The predicted molar refractivity (Wildman–Crippen MR) is 73.6 cm³/mol. The van der Waals surface area contributed by atoms with Crippen LogP contribution in [0.25, 0.3) is 0 Å². The van der Waals surface area contributed by atoms with Crippen molar-refractivity contribution >= 4 is 11.9 Å². The van der Waals surface area contributed by atoms with Crippen LogP contribution in [-0.2, 0) is 4.74 Å². The van der Waals surface area contributed by atoms with Crippen LogP contribution in [0, 0.1) is 5.82 Å². The van der Waals surface area contributed by atoms with Crippen LogP contribution in [0.4, 0.5) is 9.18 Å². The smallest absolute Gasteiger partial charge is 0.488 e. The van der Waals surface area contributed by atoms with Gasteiger partial charge in [0.1, 0.15) is 18.2 Å². The van der Waals surface area contributed by atoms with Gasteiger partial charge in [-0.3, -0.25) is 4.79 Å². The van der Waals surface area contributed by atoms with Crippen LogP contribution in [-0.4, -0.2) is 23.7 Å². The van der Waals surface area contributed by atoms with Crippen LogP contribution < -0.4 is 4.74 Å². The highest BCUT2D eigenvalue weighted by Crippen LogP contribution is 2.39. The van der Waals surface area contributed by atoms with E-state index in [2.05, 4.69) is 4.74 Å². The van der Waals surface area contributed by atoms with E-state index in [1.54, 1.807) is 30.3 Å². The van der Waals surface area contributed by atoms with Crippen LogP contribution >= 0.6 is 0 Å². The lowest BCUT2D eigenvalue weighted by Gasteiger charge is -2.09. The molecular weight excluding hydrogens is 291 g/mol. The number of benzene rings is 2. The van der Waals surface area contributed by atoms with Crippen molar-refractivity contribution in [3.05, 3.63) is 65.0 Å². The summed E-state index contributed by atoms with van der Waals surface area (Å²) in [5.41, 5.74) is 0.667. The van der Waals surface area contributed by atoms with Gasteiger partial charge in [0.15, 0.2) is 11.9 Å². The summed E-state index contributed by atoms with van der Waals surface area (Å²) in [6.45, 7) is -0.0832. The lowest BCUT2D eigenvalue weighted by molar-refractivity contribution is 0.0419. The Morgan fingerprint density at radius 2 is 1.95 bits per heavy atom. The molecule has 6 heteroatoms. The summed E-state index contributed by atoms with van der Waals surface area (Å²) >= 11 is 0. The Morgan fingerprint density at radius 3 is 2.64 bits per heavy atom. The highest BCUT2D eigenvalue weighted by Gasteiger charge is 2.32. The fourth-order valence-corrected chi connectivity index (χ4v) is 2.40. The van der Waals surface area contributed by atoms with Crippen LogP contribution in [0.3, 0.4) is 0 Å². The highest BCUT2D eigenvalue weighted by atomic mass is 19.1. The fourth-order valence-electron chi connectivity index (χ4n) is 2.40. The maximum absolute atomic E-state index is 13.8. The fraction of sp³-hybridized carbons (Fsp3) is 0.125. The Morgan fingerprint density at radius 1 is 1.23 bits per heavy atom. The molecule has 0 fully saturated rings. The minimum Gasteiger partial charge on any atom is -0.488 e. The molecule has 0 spiro atoms. The van der Waals surface area contributed by atoms with E-state index in [0.717, 1.165) is 12.1 Å². The van der Waals surface area contributed by atoms with Crippen molar-refractivity contribution in [2.75, 3.05) is 6.61 Å². The molecule has 5 nitrogen and oxygen atoms in total. The van der Waals surface area contributed by atoms with E-state index in [0.29, 0.717) is 5.56 Å². The number of carbonyl (C=O) groups excluding carboxylic acids is 1. The van der Waals surface area contributed by atoms with Crippen molar-refractivity contribution in [1.82, 2.24) is 0 Å². The number of fused-ring (bicyclic) bond motifs is 1. The second-order valence-corrected chi connectivity index (χ2v) is 4.75. The third-order valence-electron chi connectivity index (χ3n) is 3.33. The first-order valence-corrected chi connectivity index (χ1v) is 6.52. The molecule has 0 saturated heterocycles. The molecule has 0 saturated carbocycles. The molecule has 0 radical (unpaired) electrons. The number of hydrogen-bond acceptors (Lipinski definition) is 4. The van der Waals surface area contributed by atoms with Crippen LogP contribution in [0.15, 0.2) is 42.5 Å².